The van der Waals surface area contributed by atoms with Gasteiger partial charge in [0.1, 0.15) is 0 Å². The Morgan fingerprint density at radius 3 is 2.71 bits per heavy atom. The molecular formula is C9H17N3O2. The van der Waals surface area contributed by atoms with Gasteiger partial charge in [0.2, 0.25) is 11.8 Å². The average molecular weight is 199 g/mol. The van der Waals surface area contributed by atoms with Crippen LogP contribution in [-0.4, -0.2) is 41.9 Å². The molecule has 0 aromatic heterocycles. The van der Waals surface area contributed by atoms with Crippen LogP contribution in [0.5, 0.6) is 0 Å². The Kier molecular flexibility index (Phi) is 3.46. The fourth-order valence-corrected chi connectivity index (χ4v) is 1.65. The van der Waals surface area contributed by atoms with Gasteiger partial charge in [-0.25, -0.2) is 0 Å². The van der Waals surface area contributed by atoms with Crippen molar-refractivity contribution in [2.45, 2.75) is 32.4 Å². The summed E-state index contributed by atoms with van der Waals surface area (Å²) >= 11 is 0. The number of likely N-dealkylation sites (tertiary alicyclic amines) is 1. The Hall–Kier alpha value is -1.10. The molecule has 1 heterocycles. The highest BCUT2D eigenvalue weighted by Crippen LogP contribution is 2.09. The number of nitrogens with zero attached hydrogens (tertiary/aromatic N) is 1. The molecule has 1 saturated heterocycles. The molecule has 5 nitrogen and oxygen atoms in total. The Morgan fingerprint density at radius 1 is 1.57 bits per heavy atom. The molecule has 2 atom stereocenters. The zero-order valence-corrected chi connectivity index (χ0v) is 8.62. The number of carbonyl (C=O) groups is 2. The van der Waals surface area contributed by atoms with Crippen LogP contribution in [0.3, 0.4) is 0 Å². The molecule has 80 valence electrons. The third-order valence-electron chi connectivity index (χ3n) is 2.30. The molecule has 2 unspecified atom stereocenters. The number of carbonyl (C=O) groups excluding carboxylic acids is 2. The third kappa shape index (κ3) is 2.70. The molecule has 0 aromatic carbocycles. The standard InChI is InChI=1S/C9H17N3O2/c1-6(10)9(14)12-4-3-8(5-12)11-7(2)13/h6,8H,3-5,10H2,1-2H3,(H,11,13). The van der Waals surface area contributed by atoms with E-state index in [0.29, 0.717) is 13.1 Å². The number of hydrogen-bond donors (Lipinski definition) is 2. The maximum Gasteiger partial charge on any atom is 0.239 e. The van der Waals surface area contributed by atoms with Crippen molar-refractivity contribution in [3.05, 3.63) is 0 Å². The molecule has 0 saturated carbocycles. The van der Waals surface area contributed by atoms with E-state index in [9.17, 15) is 9.59 Å². The van der Waals surface area contributed by atoms with Crippen LogP contribution in [0.15, 0.2) is 0 Å². The minimum Gasteiger partial charge on any atom is -0.352 e. The largest absolute Gasteiger partial charge is 0.352 e. The lowest BCUT2D eigenvalue weighted by molar-refractivity contribution is -0.131. The summed E-state index contributed by atoms with van der Waals surface area (Å²) in [5.41, 5.74) is 5.48. The molecule has 0 spiro atoms. The van der Waals surface area contributed by atoms with Gasteiger partial charge in [0, 0.05) is 26.1 Å². The van der Waals surface area contributed by atoms with Gasteiger partial charge < -0.3 is 16.0 Å². The number of amides is 2. The summed E-state index contributed by atoms with van der Waals surface area (Å²) in [6.07, 6.45) is 0.818. The predicted octanol–water partition coefficient (Wildman–Crippen LogP) is -0.929. The highest BCUT2D eigenvalue weighted by molar-refractivity contribution is 5.81. The van der Waals surface area contributed by atoms with Crippen molar-refractivity contribution in [3.8, 4) is 0 Å². The zero-order valence-electron chi connectivity index (χ0n) is 8.62. The molecule has 1 aliphatic rings. The van der Waals surface area contributed by atoms with E-state index in [1.54, 1.807) is 11.8 Å². The van der Waals surface area contributed by atoms with E-state index in [1.807, 2.05) is 0 Å². The first kappa shape index (κ1) is 11.0. The normalized spacial score (nSPS) is 23.4. The minimum absolute atomic E-state index is 0.0437. The third-order valence-corrected chi connectivity index (χ3v) is 2.30. The molecule has 0 radical (unpaired) electrons. The summed E-state index contributed by atoms with van der Waals surface area (Å²) in [4.78, 5) is 23.9. The maximum absolute atomic E-state index is 11.5. The van der Waals surface area contributed by atoms with Crippen molar-refractivity contribution in [2.24, 2.45) is 5.73 Å². The van der Waals surface area contributed by atoms with Crippen LogP contribution in [0.4, 0.5) is 0 Å². The van der Waals surface area contributed by atoms with E-state index >= 15 is 0 Å². The highest BCUT2D eigenvalue weighted by atomic mass is 16.2. The predicted molar refractivity (Wildman–Crippen MR) is 52.5 cm³/mol. The molecule has 5 heteroatoms. The Morgan fingerprint density at radius 2 is 2.21 bits per heavy atom. The SMILES string of the molecule is CC(=O)NC1CCN(C(=O)C(C)N)C1. The average Bonchev–Trinajstić information content (AvgIpc) is 2.50. The fourth-order valence-electron chi connectivity index (χ4n) is 1.65. The van der Waals surface area contributed by atoms with Gasteiger partial charge in [0.25, 0.3) is 0 Å². The highest BCUT2D eigenvalue weighted by Gasteiger charge is 2.27. The van der Waals surface area contributed by atoms with Crippen molar-refractivity contribution < 1.29 is 9.59 Å². The summed E-state index contributed by atoms with van der Waals surface area (Å²) in [5, 5.41) is 2.79. The van der Waals surface area contributed by atoms with E-state index in [1.165, 1.54) is 6.92 Å². The van der Waals surface area contributed by atoms with E-state index in [0.717, 1.165) is 6.42 Å². The van der Waals surface area contributed by atoms with Crippen molar-refractivity contribution >= 4 is 11.8 Å². The number of rotatable bonds is 2. The van der Waals surface area contributed by atoms with Gasteiger partial charge in [0.05, 0.1) is 6.04 Å². The van der Waals surface area contributed by atoms with Gasteiger partial charge in [-0.15, -0.1) is 0 Å². The van der Waals surface area contributed by atoms with Crippen molar-refractivity contribution in [2.75, 3.05) is 13.1 Å². The van der Waals surface area contributed by atoms with E-state index in [-0.39, 0.29) is 17.9 Å². The Bertz CT molecular complexity index is 240. The zero-order chi connectivity index (χ0) is 10.7. The van der Waals surface area contributed by atoms with E-state index < -0.39 is 6.04 Å². The summed E-state index contributed by atoms with van der Waals surface area (Å²) in [6, 6.07) is -0.360. The van der Waals surface area contributed by atoms with Crippen molar-refractivity contribution in [1.29, 1.82) is 0 Å². The summed E-state index contributed by atoms with van der Waals surface area (Å²) in [5.74, 6) is -0.0945. The van der Waals surface area contributed by atoms with Crippen LogP contribution in [0.25, 0.3) is 0 Å². The monoisotopic (exact) mass is 199 g/mol. The van der Waals surface area contributed by atoms with Crippen LogP contribution in [0, 0.1) is 0 Å². The topological polar surface area (TPSA) is 75.4 Å². The summed E-state index contributed by atoms with van der Waals surface area (Å²) < 4.78 is 0. The second kappa shape index (κ2) is 4.41. The molecule has 0 aliphatic carbocycles. The van der Waals surface area contributed by atoms with Gasteiger partial charge in [0.15, 0.2) is 0 Å². The van der Waals surface area contributed by atoms with Gasteiger partial charge in [-0.2, -0.15) is 0 Å². The van der Waals surface area contributed by atoms with Gasteiger partial charge in [-0.1, -0.05) is 0 Å². The molecule has 1 fully saturated rings. The first-order chi connectivity index (χ1) is 6.50. The van der Waals surface area contributed by atoms with Crippen LogP contribution >= 0.6 is 0 Å². The second-order valence-corrected chi connectivity index (χ2v) is 3.76. The Balaban J connectivity index is 2.41. The summed E-state index contributed by atoms with van der Waals surface area (Å²) in [7, 11) is 0. The fraction of sp³-hybridized carbons (Fsp3) is 0.778. The maximum atomic E-state index is 11.5. The van der Waals surface area contributed by atoms with Gasteiger partial charge in [-0.3, -0.25) is 9.59 Å². The molecule has 3 N–H and O–H groups in total. The second-order valence-electron chi connectivity index (χ2n) is 3.76. The van der Waals surface area contributed by atoms with Crippen molar-refractivity contribution in [3.63, 3.8) is 0 Å². The van der Waals surface area contributed by atoms with E-state index in [2.05, 4.69) is 5.32 Å². The van der Waals surface area contributed by atoms with Crippen LogP contribution in [0.1, 0.15) is 20.3 Å². The lowest BCUT2D eigenvalue weighted by Crippen LogP contribution is -2.43. The van der Waals surface area contributed by atoms with Gasteiger partial charge >= 0.3 is 0 Å². The molecular weight excluding hydrogens is 182 g/mol. The first-order valence-corrected chi connectivity index (χ1v) is 4.82. The van der Waals surface area contributed by atoms with Crippen molar-refractivity contribution in [1.82, 2.24) is 10.2 Å². The van der Waals surface area contributed by atoms with Gasteiger partial charge in [-0.05, 0) is 13.3 Å². The molecule has 0 bridgehead atoms. The lowest BCUT2D eigenvalue weighted by Gasteiger charge is -2.18. The molecule has 0 aromatic rings. The molecule has 2 amide bonds. The Labute approximate surface area is 83.6 Å². The van der Waals surface area contributed by atoms with Crippen LogP contribution in [-0.2, 0) is 9.59 Å². The lowest BCUT2D eigenvalue weighted by atomic mass is 10.2. The number of nitrogens with two attached hydrogens (primary N) is 1. The first-order valence-electron chi connectivity index (χ1n) is 4.82. The molecule has 1 rings (SSSR count). The number of nitrogens with one attached hydrogen (secondary N) is 1. The minimum atomic E-state index is -0.453. The van der Waals surface area contributed by atoms with Crippen LogP contribution in [0.2, 0.25) is 0 Å². The van der Waals surface area contributed by atoms with E-state index in [4.69, 9.17) is 5.73 Å². The number of hydrogen-bond acceptors (Lipinski definition) is 3. The molecule has 14 heavy (non-hydrogen) atoms. The summed E-state index contributed by atoms with van der Waals surface area (Å²) in [6.45, 7) is 4.43. The molecule has 1 aliphatic heterocycles. The van der Waals surface area contributed by atoms with Crippen LogP contribution < -0.4 is 11.1 Å². The smallest absolute Gasteiger partial charge is 0.239 e. The quantitative estimate of drug-likeness (QED) is 0.603.